The molecule has 2 aromatic rings. The summed E-state index contributed by atoms with van der Waals surface area (Å²) < 4.78 is 0. The largest absolute Gasteiger partial charge is 0.358 e. The number of aromatic amines is 1. The van der Waals surface area contributed by atoms with E-state index < -0.39 is 0 Å². The fourth-order valence-corrected chi connectivity index (χ4v) is 2.36. The van der Waals surface area contributed by atoms with Gasteiger partial charge in [-0.25, -0.2) is 0 Å². The first kappa shape index (κ1) is 15.3. The molecule has 1 N–H and O–H groups in total. The number of hydrogen-bond acceptors (Lipinski definition) is 0. The summed E-state index contributed by atoms with van der Waals surface area (Å²) >= 11 is 0. The molecule has 0 saturated carbocycles. The van der Waals surface area contributed by atoms with Gasteiger partial charge in [0.25, 0.3) is 0 Å². The van der Waals surface area contributed by atoms with Gasteiger partial charge in [0.15, 0.2) is 0 Å². The van der Waals surface area contributed by atoms with Gasteiger partial charge in [-0.15, -0.1) is 0 Å². The van der Waals surface area contributed by atoms with Crippen molar-refractivity contribution in [2.24, 2.45) is 0 Å². The van der Waals surface area contributed by atoms with Crippen molar-refractivity contribution < 1.29 is 16.5 Å². The molecule has 0 atom stereocenters. The second-order valence-corrected chi connectivity index (χ2v) is 4.90. The molecule has 2 rings (SSSR count). The number of nitrogens with one attached hydrogen (secondary N) is 1. The average Bonchev–Trinajstić information content (AvgIpc) is 2.76. The molecule has 1 heterocycles. The van der Waals surface area contributed by atoms with Crippen molar-refractivity contribution in [2.45, 2.75) is 51.9 Å². The Labute approximate surface area is 120 Å². The fraction of sp³-hybridized carbons (Fsp3) is 0.500. The zero-order chi connectivity index (χ0) is 11.9. The Hall–Kier alpha value is -0.746. The number of rotatable bonds is 7. The third-order valence-corrected chi connectivity index (χ3v) is 3.39. The monoisotopic (exact) mass is 287 g/mol. The van der Waals surface area contributed by atoms with Crippen LogP contribution in [-0.4, -0.2) is 4.98 Å². The van der Waals surface area contributed by atoms with Crippen molar-refractivity contribution in [1.29, 1.82) is 0 Å². The van der Waals surface area contributed by atoms with Crippen molar-refractivity contribution in [3.8, 4) is 0 Å². The Morgan fingerprint density at radius 2 is 1.67 bits per heavy atom. The van der Waals surface area contributed by atoms with Crippen molar-refractivity contribution in [3.63, 3.8) is 0 Å². The molecule has 102 valence electrons. The quantitative estimate of drug-likeness (QED) is 0.541. The Balaban J connectivity index is 0.00000162. The van der Waals surface area contributed by atoms with E-state index in [1.165, 1.54) is 61.5 Å². The van der Waals surface area contributed by atoms with E-state index in [9.17, 15) is 0 Å². The first-order valence-electron chi connectivity index (χ1n) is 6.97. The second kappa shape index (κ2) is 8.37. The van der Waals surface area contributed by atoms with Gasteiger partial charge in [0, 0.05) is 27.7 Å². The van der Waals surface area contributed by atoms with Gasteiger partial charge in [0.05, 0.1) is 0 Å². The topological polar surface area (TPSA) is 15.8 Å². The maximum atomic E-state index is 3.50. The fourth-order valence-electron chi connectivity index (χ4n) is 2.36. The third-order valence-electron chi connectivity index (χ3n) is 3.39. The van der Waals surface area contributed by atoms with Crippen LogP contribution in [0, 0.1) is 0 Å². The standard InChI is InChI=1S/C16H23N.Ni/c1-2-3-4-5-6-7-11-15-13-14-10-8-9-12-16(14)17-15;/h8-10,12-13,17H,2-7,11H2,1H3;. The molecule has 1 aromatic carbocycles. The third kappa shape index (κ3) is 4.50. The average molecular weight is 288 g/mol. The van der Waals surface area contributed by atoms with E-state index in [-0.39, 0.29) is 16.5 Å². The van der Waals surface area contributed by atoms with Crippen molar-refractivity contribution in [1.82, 2.24) is 4.98 Å². The minimum Gasteiger partial charge on any atom is -0.358 e. The van der Waals surface area contributed by atoms with Crippen LogP contribution in [0.3, 0.4) is 0 Å². The number of aryl methyl sites for hydroxylation is 1. The number of benzene rings is 1. The van der Waals surface area contributed by atoms with Crippen LogP contribution >= 0.6 is 0 Å². The van der Waals surface area contributed by atoms with E-state index in [1.807, 2.05) is 0 Å². The van der Waals surface area contributed by atoms with Crippen LogP contribution in [0.4, 0.5) is 0 Å². The number of fused-ring (bicyclic) bond motifs is 1. The molecular formula is C16H23NNi. The summed E-state index contributed by atoms with van der Waals surface area (Å²) in [6.45, 7) is 2.27. The van der Waals surface area contributed by atoms with Gasteiger partial charge in [-0.05, 0) is 30.4 Å². The molecule has 0 amide bonds. The molecule has 0 bridgehead atoms. The molecular weight excluding hydrogens is 265 g/mol. The van der Waals surface area contributed by atoms with Gasteiger partial charge in [0.2, 0.25) is 0 Å². The zero-order valence-electron chi connectivity index (χ0n) is 11.2. The van der Waals surface area contributed by atoms with Crippen molar-refractivity contribution in [2.75, 3.05) is 0 Å². The SMILES string of the molecule is CCCCCCCCc1cc2ccccc2[nH]1.[Ni]. The van der Waals surface area contributed by atoms with E-state index in [2.05, 4.69) is 42.2 Å². The maximum absolute atomic E-state index is 3.50. The van der Waals surface area contributed by atoms with Gasteiger partial charge in [-0.2, -0.15) is 0 Å². The van der Waals surface area contributed by atoms with Gasteiger partial charge in [-0.3, -0.25) is 0 Å². The number of unbranched alkanes of at least 4 members (excludes halogenated alkanes) is 5. The van der Waals surface area contributed by atoms with Crippen LogP contribution in [0.25, 0.3) is 10.9 Å². The van der Waals surface area contributed by atoms with E-state index in [4.69, 9.17) is 0 Å². The van der Waals surface area contributed by atoms with Gasteiger partial charge in [-0.1, -0.05) is 57.2 Å². The summed E-state index contributed by atoms with van der Waals surface area (Å²) in [7, 11) is 0. The van der Waals surface area contributed by atoms with E-state index in [0.29, 0.717) is 0 Å². The number of para-hydroxylation sites is 1. The minimum absolute atomic E-state index is 0. The minimum atomic E-state index is 0. The molecule has 1 nitrogen and oxygen atoms in total. The molecule has 0 spiro atoms. The Kier molecular flexibility index (Phi) is 7.12. The molecule has 1 aromatic heterocycles. The Morgan fingerprint density at radius 3 is 2.44 bits per heavy atom. The Morgan fingerprint density at radius 1 is 0.944 bits per heavy atom. The molecule has 18 heavy (non-hydrogen) atoms. The van der Waals surface area contributed by atoms with Gasteiger partial charge in [0.1, 0.15) is 0 Å². The van der Waals surface area contributed by atoms with E-state index >= 15 is 0 Å². The van der Waals surface area contributed by atoms with E-state index in [1.54, 1.807) is 0 Å². The number of aromatic nitrogens is 1. The summed E-state index contributed by atoms with van der Waals surface area (Å²) in [5, 5.41) is 1.34. The molecule has 2 heteroatoms. The predicted molar refractivity (Wildman–Crippen MR) is 75.4 cm³/mol. The van der Waals surface area contributed by atoms with Crippen LogP contribution < -0.4 is 0 Å². The summed E-state index contributed by atoms with van der Waals surface area (Å²) in [4.78, 5) is 3.50. The molecule has 0 unspecified atom stereocenters. The first-order valence-corrected chi connectivity index (χ1v) is 6.97. The van der Waals surface area contributed by atoms with E-state index in [0.717, 1.165) is 0 Å². The summed E-state index contributed by atoms with van der Waals surface area (Å²) in [6.07, 6.45) is 9.42. The molecule has 0 aliphatic rings. The zero-order valence-corrected chi connectivity index (χ0v) is 12.1. The smallest absolute Gasteiger partial charge is 0.0456 e. The maximum Gasteiger partial charge on any atom is 0.0456 e. The van der Waals surface area contributed by atoms with Crippen molar-refractivity contribution >= 4 is 10.9 Å². The van der Waals surface area contributed by atoms with Gasteiger partial charge < -0.3 is 4.98 Å². The first-order chi connectivity index (χ1) is 8.40. The molecule has 0 saturated heterocycles. The Bertz CT molecular complexity index is 414. The molecule has 0 fully saturated rings. The number of hydrogen-bond donors (Lipinski definition) is 1. The summed E-state index contributed by atoms with van der Waals surface area (Å²) in [6, 6.07) is 10.8. The van der Waals surface area contributed by atoms with Crippen molar-refractivity contribution in [3.05, 3.63) is 36.0 Å². The second-order valence-electron chi connectivity index (χ2n) is 4.90. The molecule has 0 radical (unpaired) electrons. The summed E-state index contributed by atoms with van der Waals surface area (Å²) in [5.41, 5.74) is 2.66. The van der Waals surface area contributed by atoms with Crippen LogP contribution in [0.1, 0.15) is 51.1 Å². The predicted octanol–water partition coefficient (Wildman–Crippen LogP) is 5.07. The van der Waals surface area contributed by atoms with Crippen LogP contribution in [0.15, 0.2) is 30.3 Å². The van der Waals surface area contributed by atoms with Crippen LogP contribution in [-0.2, 0) is 22.9 Å². The molecule has 0 aliphatic carbocycles. The summed E-state index contributed by atoms with van der Waals surface area (Å²) in [5.74, 6) is 0. The number of H-pyrrole nitrogens is 1. The van der Waals surface area contributed by atoms with Crippen LogP contribution in [0.2, 0.25) is 0 Å². The normalized spacial score (nSPS) is 10.5. The molecule has 0 aliphatic heterocycles. The van der Waals surface area contributed by atoms with Crippen LogP contribution in [0.5, 0.6) is 0 Å². The van der Waals surface area contributed by atoms with Gasteiger partial charge >= 0.3 is 0 Å².